The summed E-state index contributed by atoms with van der Waals surface area (Å²) < 4.78 is 10.5. The molecule has 2 aromatic rings. The summed E-state index contributed by atoms with van der Waals surface area (Å²) in [5.74, 6) is 1.08. The summed E-state index contributed by atoms with van der Waals surface area (Å²) in [5.41, 5.74) is 7.44. The quantitative estimate of drug-likeness (QED) is 0.535. The van der Waals surface area contributed by atoms with Crippen LogP contribution in [0.4, 0.5) is 5.82 Å². The topological polar surface area (TPSA) is 125 Å². The van der Waals surface area contributed by atoms with E-state index < -0.39 is 0 Å². The lowest BCUT2D eigenvalue weighted by molar-refractivity contribution is 0.146. The Kier molecular flexibility index (Phi) is 7.24. The van der Waals surface area contributed by atoms with Crippen LogP contribution in [0.5, 0.6) is 5.75 Å². The number of aromatic nitrogens is 1. The molecule has 134 valence electrons. The molecule has 0 unspecified atom stereocenters. The molecular formula is C18H18N4O3S. The van der Waals surface area contributed by atoms with Gasteiger partial charge in [0.1, 0.15) is 40.9 Å². The van der Waals surface area contributed by atoms with E-state index >= 15 is 0 Å². The summed E-state index contributed by atoms with van der Waals surface area (Å²) in [7, 11) is 1.60. The molecule has 0 atom stereocenters. The van der Waals surface area contributed by atoms with Crippen LogP contribution in [0.1, 0.15) is 11.1 Å². The van der Waals surface area contributed by atoms with Gasteiger partial charge in [-0.2, -0.15) is 10.5 Å². The maximum Gasteiger partial charge on any atom is 0.143 e. The Balaban J connectivity index is 2.48. The molecule has 3 N–H and O–H groups in total. The number of benzene rings is 1. The fourth-order valence-corrected chi connectivity index (χ4v) is 3.03. The van der Waals surface area contributed by atoms with E-state index in [2.05, 4.69) is 11.1 Å². The van der Waals surface area contributed by atoms with Gasteiger partial charge in [-0.15, -0.1) is 11.8 Å². The first kappa shape index (κ1) is 19.5. The number of rotatable bonds is 8. The molecule has 0 saturated heterocycles. The van der Waals surface area contributed by atoms with Crippen LogP contribution >= 0.6 is 11.8 Å². The molecule has 7 nitrogen and oxygen atoms in total. The molecule has 0 saturated carbocycles. The summed E-state index contributed by atoms with van der Waals surface area (Å²) in [6.45, 7) is 0.845. The van der Waals surface area contributed by atoms with Gasteiger partial charge >= 0.3 is 0 Å². The van der Waals surface area contributed by atoms with Gasteiger partial charge in [-0.05, 0) is 17.7 Å². The van der Waals surface area contributed by atoms with Crippen molar-refractivity contribution < 1.29 is 14.6 Å². The Morgan fingerprint density at radius 1 is 1.15 bits per heavy atom. The molecule has 1 aromatic carbocycles. The zero-order valence-electron chi connectivity index (χ0n) is 14.2. The molecule has 0 radical (unpaired) electrons. The lowest BCUT2D eigenvalue weighted by Gasteiger charge is -2.13. The van der Waals surface area contributed by atoms with Crippen molar-refractivity contribution in [3.05, 3.63) is 35.4 Å². The number of pyridine rings is 1. The Bertz CT molecular complexity index is 841. The smallest absolute Gasteiger partial charge is 0.143 e. The van der Waals surface area contributed by atoms with E-state index in [1.165, 1.54) is 11.8 Å². The Hall–Kier alpha value is -2.78. The van der Waals surface area contributed by atoms with Crippen LogP contribution in [0, 0.1) is 22.7 Å². The normalized spacial score (nSPS) is 10.2. The van der Waals surface area contributed by atoms with Crippen LogP contribution in [0.3, 0.4) is 0 Å². The Morgan fingerprint density at radius 2 is 1.85 bits per heavy atom. The molecule has 0 aliphatic rings. The minimum Gasteiger partial charge on any atom is -0.491 e. The number of aliphatic hydroxyl groups is 1. The van der Waals surface area contributed by atoms with Crippen molar-refractivity contribution in [1.29, 1.82) is 10.5 Å². The maximum absolute atomic E-state index is 9.61. The average Bonchev–Trinajstić information content (AvgIpc) is 2.66. The third kappa shape index (κ3) is 4.44. The summed E-state index contributed by atoms with van der Waals surface area (Å²) in [4.78, 5) is 4.15. The number of aliphatic hydroxyl groups excluding tert-OH is 1. The molecule has 0 spiro atoms. The number of methoxy groups -OCH3 is 1. The summed E-state index contributed by atoms with van der Waals surface area (Å²) >= 11 is 1.22. The van der Waals surface area contributed by atoms with Gasteiger partial charge in [-0.1, -0.05) is 12.1 Å². The van der Waals surface area contributed by atoms with Gasteiger partial charge in [0.15, 0.2) is 0 Å². The number of nitriles is 2. The minimum atomic E-state index is -0.0556. The molecule has 0 bridgehead atoms. The SMILES string of the molecule is COCCOc1ccc(-c2c(C#N)c(N)nc(SCCO)c2C#N)cc1. The fraction of sp³-hybridized carbons (Fsp3) is 0.278. The molecule has 0 amide bonds. The van der Waals surface area contributed by atoms with Gasteiger partial charge in [0, 0.05) is 18.4 Å². The number of ether oxygens (including phenoxy) is 2. The van der Waals surface area contributed by atoms with Crippen molar-refractivity contribution in [2.24, 2.45) is 0 Å². The van der Waals surface area contributed by atoms with Gasteiger partial charge in [-0.3, -0.25) is 0 Å². The summed E-state index contributed by atoms with van der Waals surface area (Å²) in [6.07, 6.45) is 0. The van der Waals surface area contributed by atoms with E-state index in [0.29, 0.717) is 40.9 Å². The third-order valence-corrected chi connectivity index (χ3v) is 4.40. The highest BCUT2D eigenvalue weighted by Gasteiger charge is 2.20. The number of nitrogens with two attached hydrogens (primary N) is 1. The first-order valence-electron chi connectivity index (χ1n) is 7.75. The van der Waals surface area contributed by atoms with E-state index in [4.69, 9.17) is 20.3 Å². The fourth-order valence-electron chi connectivity index (χ4n) is 2.29. The van der Waals surface area contributed by atoms with Crippen LogP contribution in [-0.4, -0.2) is 42.8 Å². The van der Waals surface area contributed by atoms with Crippen molar-refractivity contribution in [3.63, 3.8) is 0 Å². The lowest BCUT2D eigenvalue weighted by atomic mass is 9.97. The molecule has 0 aliphatic heterocycles. The average molecular weight is 370 g/mol. The van der Waals surface area contributed by atoms with Gasteiger partial charge in [-0.25, -0.2) is 4.98 Å². The van der Waals surface area contributed by atoms with E-state index in [9.17, 15) is 10.5 Å². The first-order valence-corrected chi connectivity index (χ1v) is 8.74. The number of nitrogen functional groups attached to an aromatic ring is 1. The van der Waals surface area contributed by atoms with E-state index in [0.717, 1.165) is 0 Å². The number of hydrogen-bond donors (Lipinski definition) is 2. The highest BCUT2D eigenvalue weighted by Crippen LogP contribution is 2.36. The third-order valence-electron chi connectivity index (χ3n) is 3.44. The van der Waals surface area contributed by atoms with Crippen LogP contribution in [0.25, 0.3) is 11.1 Å². The molecule has 1 heterocycles. The summed E-state index contributed by atoms with van der Waals surface area (Å²) in [5, 5.41) is 28.5. The second kappa shape index (κ2) is 9.64. The zero-order valence-corrected chi connectivity index (χ0v) is 15.0. The van der Waals surface area contributed by atoms with E-state index in [-0.39, 0.29) is 23.6 Å². The zero-order chi connectivity index (χ0) is 18.9. The number of thioether (sulfide) groups is 1. The van der Waals surface area contributed by atoms with E-state index in [1.807, 2.05) is 6.07 Å². The molecule has 26 heavy (non-hydrogen) atoms. The van der Waals surface area contributed by atoms with Crippen LogP contribution in [-0.2, 0) is 4.74 Å². The number of hydrogen-bond acceptors (Lipinski definition) is 8. The summed E-state index contributed by atoms with van der Waals surface area (Å²) in [6, 6.07) is 11.2. The molecule has 0 fully saturated rings. The lowest BCUT2D eigenvalue weighted by Crippen LogP contribution is -2.05. The minimum absolute atomic E-state index is 0.0556. The van der Waals surface area contributed by atoms with Crippen LogP contribution in [0.2, 0.25) is 0 Å². The van der Waals surface area contributed by atoms with Gasteiger partial charge in [0.05, 0.1) is 18.8 Å². The molecule has 8 heteroatoms. The maximum atomic E-state index is 9.61. The van der Waals surface area contributed by atoms with Gasteiger partial charge < -0.3 is 20.3 Å². The monoisotopic (exact) mass is 370 g/mol. The van der Waals surface area contributed by atoms with Crippen molar-refractivity contribution in [3.8, 4) is 29.0 Å². The number of nitrogens with zero attached hydrogens (tertiary/aromatic N) is 3. The second-order valence-electron chi connectivity index (χ2n) is 5.09. The molecule has 2 rings (SSSR count). The number of anilines is 1. The standard InChI is InChI=1S/C18H18N4O3S/c1-24-7-8-25-13-4-2-12(3-5-13)16-14(10-19)17(21)22-18(15(16)11-20)26-9-6-23/h2-5,23H,6-9H2,1H3,(H2,21,22). The Labute approximate surface area is 156 Å². The van der Waals surface area contributed by atoms with Crippen molar-refractivity contribution in [1.82, 2.24) is 4.98 Å². The largest absolute Gasteiger partial charge is 0.491 e. The second-order valence-corrected chi connectivity index (χ2v) is 6.17. The van der Waals surface area contributed by atoms with Crippen molar-refractivity contribution in [2.45, 2.75) is 5.03 Å². The first-order chi connectivity index (χ1) is 12.7. The highest BCUT2D eigenvalue weighted by atomic mass is 32.2. The predicted octanol–water partition coefficient (Wildman–Crippen LogP) is 2.18. The van der Waals surface area contributed by atoms with Crippen LogP contribution < -0.4 is 10.5 Å². The highest BCUT2D eigenvalue weighted by molar-refractivity contribution is 7.99. The molecule has 1 aromatic heterocycles. The van der Waals surface area contributed by atoms with Gasteiger partial charge in [0.25, 0.3) is 0 Å². The Morgan fingerprint density at radius 3 is 2.42 bits per heavy atom. The van der Waals surface area contributed by atoms with E-state index in [1.54, 1.807) is 31.4 Å². The predicted molar refractivity (Wildman–Crippen MR) is 98.7 cm³/mol. The van der Waals surface area contributed by atoms with Crippen molar-refractivity contribution in [2.75, 3.05) is 38.4 Å². The van der Waals surface area contributed by atoms with Crippen molar-refractivity contribution >= 4 is 17.6 Å². The van der Waals surface area contributed by atoms with Crippen LogP contribution in [0.15, 0.2) is 29.3 Å². The molecule has 0 aliphatic carbocycles. The van der Waals surface area contributed by atoms with Gasteiger partial charge in [0.2, 0.25) is 0 Å². The molecular weight excluding hydrogens is 352 g/mol.